The van der Waals surface area contributed by atoms with E-state index in [1.165, 1.54) is 6.92 Å². The average Bonchev–Trinajstić information content (AvgIpc) is 3.34. The summed E-state index contributed by atoms with van der Waals surface area (Å²) in [5, 5.41) is 0.738. The van der Waals surface area contributed by atoms with Crippen LogP contribution >= 0.6 is 34.8 Å². The Labute approximate surface area is 227 Å². The van der Waals surface area contributed by atoms with Crippen LogP contribution in [0.15, 0.2) is 55.1 Å². The number of nitrogens with zero attached hydrogens (tertiary/aromatic N) is 2. The number of esters is 1. The van der Waals surface area contributed by atoms with Crippen LogP contribution in [-0.4, -0.2) is 40.7 Å². The van der Waals surface area contributed by atoms with Crippen LogP contribution in [-0.2, 0) is 21.5 Å². The number of alkyl halides is 1. The minimum Gasteiger partial charge on any atom is -0.493 e. The molecule has 9 heteroatoms. The molecule has 2 aromatic carbocycles. The summed E-state index contributed by atoms with van der Waals surface area (Å²) in [5.74, 6) is 1.15. The van der Waals surface area contributed by atoms with Gasteiger partial charge < -0.3 is 18.8 Å². The van der Waals surface area contributed by atoms with Crippen molar-refractivity contribution in [3.8, 4) is 11.5 Å². The summed E-state index contributed by atoms with van der Waals surface area (Å²) < 4.78 is 18.9. The molecule has 3 aromatic rings. The number of halogens is 3. The van der Waals surface area contributed by atoms with Gasteiger partial charge >= 0.3 is 5.97 Å². The molecular formula is C27H31Cl3N2O4. The van der Waals surface area contributed by atoms with E-state index in [0.29, 0.717) is 28.3 Å². The quantitative estimate of drug-likeness (QED) is 0.183. The van der Waals surface area contributed by atoms with Crippen LogP contribution < -0.4 is 9.47 Å². The molecule has 1 aromatic heterocycles. The van der Waals surface area contributed by atoms with Crippen LogP contribution in [0.4, 0.5) is 0 Å². The first-order valence-electron chi connectivity index (χ1n) is 11.6. The minimum absolute atomic E-state index is 0.0493. The van der Waals surface area contributed by atoms with Crippen molar-refractivity contribution in [3.63, 3.8) is 0 Å². The lowest BCUT2D eigenvalue weighted by Gasteiger charge is -2.27. The molecule has 6 nitrogen and oxygen atoms in total. The van der Waals surface area contributed by atoms with Crippen LogP contribution in [0.2, 0.25) is 10.0 Å². The van der Waals surface area contributed by atoms with E-state index in [9.17, 15) is 4.79 Å². The first kappa shape index (κ1) is 28.2. The van der Waals surface area contributed by atoms with Crippen molar-refractivity contribution < 1.29 is 19.0 Å². The second kappa shape index (κ2) is 12.7. The molecule has 0 bridgehead atoms. The van der Waals surface area contributed by atoms with E-state index in [4.69, 9.17) is 49.0 Å². The van der Waals surface area contributed by atoms with E-state index in [2.05, 4.69) is 25.8 Å². The van der Waals surface area contributed by atoms with Gasteiger partial charge in [0.2, 0.25) is 0 Å². The van der Waals surface area contributed by atoms with Gasteiger partial charge in [0, 0.05) is 37.2 Å². The topological polar surface area (TPSA) is 62.6 Å². The minimum atomic E-state index is -0.595. The molecule has 0 radical (unpaired) electrons. The standard InChI is InChI=1S/C27H31Cl3N2O4/c1-18(14-32-10-9-31-17-32)15-34-22-7-5-20(6-8-22)27(3,4)21-11-24(29)26(25(30)12-21)35-16-23(13-28)36-19(2)33/h5-12,17-18,23H,13-16H2,1-4H3/t18-,23-/m1/s1. The number of ether oxygens (including phenoxy) is 3. The first-order valence-corrected chi connectivity index (χ1v) is 12.9. The van der Waals surface area contributed by atoms with E-state index in [-0.39, 0.29) is 17.9 Å². The first-order chi connectivity index (χ1) is 17.1. The average molecular weight is 554 g/mol. The Bertz CT molecular complexity index is 1110. The van der Waals surface area contributed by atoms with Gasteiger partial charge in [-0.25, -0.2) is 4.98 Å². The molecule has 0 amide bonds. The molecular weight excluding hydrogens is 523 g/mol. The van der Waals surface area contributed by atoms with Crippen LogP contribution in [0.3, 0.4) is 0 Å². The van der Waals surface area contributed by atoms with Crippen molar-refractivity contribution in [1.29, 1.82) is 0 Å². The highest BCUT2D eigenvalue weighted by atomic mass is 35.5. The summed E-state index contributed by atoms with van der Waals surface area (Å²) in [4.78, 5) is 15.3. The van der Waals surface area contributed by atoms with Gasteiger partial charge in [0.25, 0.3) is 0 Å². The van der Waals surface area contributed by atoms with Crippen LogP contribution in [0.25, 0.3) is 0 Å². The smallest absolute Gasteiger partial charge is 0.303 e. The maximum Gasteiger partial charge on any atom is 0.303 e. The Morgan fingerprint density at radius 1 is 1.06 bits per heavy atom. The van der Waals surface area contributed by atoms with E-state index >= 15 is 0 Å². The summed E-state index contributed by atoms with van der Waals surface area (Å²) in [6, 6.07) is 11.7. The van der Waals surface area contributed by atoms with Crippen molar-refractivity contribution >= 4 is 40.8 Å². The van der Waals surface area contributed by atoms with Crippen LogP contribution in [0.1, 0.15) is 38.8 Å². The molecule has 0 unspecified atom stereocenters. The molecule has 0 spiro atoms. The third kappa shape index (κ3) is 7.55. The molecule has 0 saturated heterocycles. The molecule has 1 heterocycles. The number of hydrogen-bond acceptors (Lipinski definition) is 5. The second-order valence-corrected chi connectivity index (χ2v) is 10.4. The van der Waals surface area contributed by atoms with Gasteiger partial charge in [-0.3, -0.25) is 4.79 Å². The Morgan fingerprint density at radius 3 is 2.28 bits per heavy atom. The van der Waals surface area contributed by atoms with Crippen molar-refractivity contribution in [2.24, 2.45) is 5.92 Å². The third-order valence-electron chi connectivity index (χ3n) is 5.83. The predicted molar refractivity (Wildman–Crippen MR) is 144 cm³/mol. The summed E-state index contributed by atoms with van der Waals surface area (Å²) in [6.45, 7) is 9.17. The van der Waals surface area contributed by atoms with Gasteiger partial charge in [0.15, 0.2) is 5.75 Å². The molecule has 0 saturated carbocycles. The van der Waals surface area contributed by atoms with E-state index in [1.807, 2.05) is 53.5 Å². The Kier molecular flexibility index (Phi) is 9.94. The van der Waals surface area contributed by atoms with Crippen molar-refractivity contribution in [2.75, 3.05) is 19.1 Å². The molecule has 2 atom stereocenters. The Hall–Kier alpha value is -2.41. The zero-order valence-corrected chi connectivity index (χ0v) is 23.1. The molecule has 0 aliphatic heterocycles. The molecule has 3 rings (SSSR count). The molecule has 0 N–H and O–H groups in total. The third-order valence-corrected chi connectivity index (χ3v) is 6.74. The number of imidazole rings is 1. The van der Waals surface area contributed by atoms with Crippen molar-refractivity contribution in [2.45, 2.75) is 45.8 Å². The van der Waals surface area contributed by atoms with Gasteiger partial charge in [-0.2, -0.15) is 0 Å². The zero-order chi connectivity index (χ0) is 26.3. The summed E-state index contributed by atoms with van der Waals surface area (Å²) in [5.41, 5.74) is 1.63. The molecule has 0 aliphatic carbocycles. The summed E-state index contributed by atoms with van der Waals surface area (Å²) in [6.07, 6.45) is 4.94. The highest BCUT2D eigenvalue weighted by Crippen LogP contribution is 2.40. The molecule has 0 aliphatic rings. The number of benzene rings is 2. The molecule has 0 fully saturated rings. The maximum atomic E-state index is 11.2. The fraction of sp³-hybridized carbons (Fsp3) is 0.407. The van der Waals surface area contributed by atoms with Crippen molar-refractivity contribution in [3.05, 3.63) is 76.3 Å². The van der Waals surface area contributed by atoms with Crippen LogP contribution in [0, 0.1) is 5.92 Å². The van der Waals surface area contributed by atoms with E-state index in [1.54, 1.807) is 6.20 Å². The normalized spacial score (nSPS) is 13.2. The van der Waals surface area contributed by atoms with Gasteiger partial charge in [-0.1, -0.05) is 56.1 Å². The fourth-order valence-electron chi connectivity index (χ4n) is 3.76. The molecule has 194 valence electrons. The highest BCUT2D eigenvalue weighted by molar-refractivity contribution is 6.37. The lowest BCUT2D eigenvalue weighted by Crippen LogP contribution is -2.26. The number of carbonyl (C=O) groups is 1. The lowest BCUT2D eigenvalue weighted by molar-refractivity contribution is -0.146. The van der Waals surface area contributed by atoms with E-state index < -0.39 is 12.1 Å². The Balaban J connectivity index is 1.66. The Morgan fingerprint density at radius 2 is 1.72 bits per heavy atom. The zero-order valence-electron chi connectivity index (χ0n) is 20.8. The number of carbonyl (C=O) groups excluding carboxylic acids is 1. The molecule has 36 heavy (non-hydrogen) atoms. The lowest BCUT2D eigenvalue weighted by atomic mass is 9.78. The largest absolute Gasteiger partial charge is 0.493 e. The summed E-state index contributed by atoms with van der Waals surface area (Å²) in [7, 11) is 0. The van der Waals surface area contributed by atoms with Crippen LogP contribution in [0.5, 0.6) is 11.5 Å². The number of rotatable bonds is 12. The number of aromatic nitrogens is 2. The monoisotopic (exact) mass is 552 g/mol. The number of hydrogen-bond donors (Lipinski definition) is 0. The SMILES string of the molecule is CC(=O)O[C@H](CCl)COc1c(Cl)cc(C(C)(C)c2ccc(OC[C@H](C)Cn3ccnc3)cc2)cc1Cl. The van der Waals surface area contributed by atoms with Gasteiger partial charge in [0.1, 0.15) is 18.5 Å². The highest BCUT2D eigenvalue weighted by Gasteiger charge is 2.26. The van der Waals surface area contributed by atoms with Gasteiger partial charge in [0.05, 0.1) is 28.9 Å². The second-order valence-electron chi connectivity index (χ2n) is 9.29. The summed E-state index contributed by atoms with van der Waals surface area (Å²) >= 11 is 18.9. The van der Waals surface area contributed by atoms with Gasteiger partial charge in [-0.05, 0) is 35.4 Å². The predicted octanol–water partition coefficient (Wildman–Crippen LogP) is 6.78. The maximum absolute atomic E-state index is 11.2. The van der Waals surface area contributed by atoms with Gasteiger partial charge in [-0.15, -0.1) is 11.6 Å². The van der Waals surface area contributed by atoms with E-state index in [0.717, 1.165) is 23.4 Å². The van der Waals surface area contributed by atoms with Crippen molar-refractivity contribution in [1.82, 2.24) is 9.55 Å². The fourth-order valence-corrected chi connectivity index (χ4v) is 4.51.